The molecule has 2 heterocycles. The quantitative estimate of drug-likeness (QED) is 0.504. The smallest absolute Gasteiger partial charge is 0.308 e. The summed E-state index contributed by atoms with van der Waals surface area (Å²) in [5.41, 5.74) is 1.00. The second-order valence-corrected chi connectivity index (χ2v) is 8.28. The molecular weight excluding hydrogens is 392 g/mol. The van der Waals surface area contributed by atoms with Crippen LogP contribution in [-0.2, 0) is 10.2 Å². The molecular formula is C20H22N4O4S. The highest BCUT2D eigenvalue weighted by molar-refractivity contribution is 7.18. The summed E-state index contributed by atoms with van der Waals surface area (Å²) in [7, 11) is 1.44. The number of anilines is 1. The number of imidazole rings is 1. The van der Waals surface area contributed by atoms with E-state index in [0.29, 0.717) is 16.4 Å². The average Bonchev–Trinajstić information content (AvgIpc) is 3.30. The Kier molecular flexibility index (Phi) is 5.69. The molecule has 0 aliphatic rings. The highest BCUT2D eigenvalue weighted by Crippen LogP contribution is 2.35. The highest BCUT2D eigenvalue weighted by Gasteiger charge is 2.25. The van der Waals surface area contributed by atoms with Crippen LogP contribution in [-0.4, -0.2) is 33.5 Å². The van der Waals surface area contributed by atoms with Gasteiger partial charge in [-0.05, 0) is 18.2 Å². The number of hydrogen-bond acceptors (Lipinski definition) is 7. The van der Waals surface area contributed by atoms with Crippen LogP contribution in [0.25, 0.3) is 5.00 Å². The molecule has 0 aliphatic heterocycles. The normalized spacial score (nSPS) is 11.2. The Morgan fingerprint density at radius 2 is 1.97 bits per heavy atom. The minimum Gasteiger partial charge on any atom is -0.493 e. The Labute approximate surface area is 172 Å². The summed E-state index contributed by atoms with van der Waals surface area (Å²) < 4.78 is 12.2. The van der Waals surface area contributed by atoms with Gasteiger partial charge in [0.25, 0.3) is 5.91 Å². The molecule has 152 valence electrons. The van der Waals surface area contributed by atoms with E-state index >= 15 is 0 Å². The van der Waals surface area contributed by atoms with Gasteiger partial charge in [-0.25, -0.2) is 9.97 Å². The van der Waals surface area contributed by atoms with E-state index in [9.17, 15) is 9.59 Å². The van der Waals surface area contributed by atoms with E-state index in [1.54, 1.807) is 18.6 Å². The molecule has 0 fully saturated rings. The lowest BCUT2D eigenvalue weighted by atomic mass is 9.92. The molecule has 8 nitrogen and oxygen atoms in total. The predicted molar refractivity (Wildman–Crippen MR) is 110 cm³/mol. The third-order valence-corrected chi connectivity index (χ3v) is 4.94. The topological polar surface area (TPSA) is 95.3 Å². The first-order valence-electron chi connectivity index (χ1n) is 8.86. The van der Waals surface area contributed by atoms with Crippen LogP contribution in [0.3, 0.4) is 0 Å². The summed E-state index contributed by atoms with van der Waals surface area (Å²) in [4.78, 5) is 32.7. The Morgan fingerprint density at radius 1 is 1.21 bits per heavy atom. The molecule has 3 aromatic rings. The number of rotatable bonds is 5. The number of carbonyl (C=O) groups is 2. The number of thiazole rings is 1. The third kappa shape index (κ3) is 4.62. The van der Waals surface area contributed by atoms with Crippen LogP contribution in [0.5, 0.6) is 11.5 Å². The fourth-order valence-electron chi connectivity index (χ4n) is 2.63. The maximum absolute atomic E-state index is 12.7. The van der Waals surface area contributed by atoms with E-state index < -0.39 is 5.97 Å². The van der Waals surface area contributed by atoms with E-state index in [-0.39, 0.29) is 17.1 Å². The first-order chi connectivity index (χ1) is 13.7. The van der Waals surface area contributed by atoms with Crippen LogP contribution in [0.2, 0.25) is 0 Å². The molecule has 0 aliphatic carbocycles. The number of carbonyl (C=O) groups excluding carboxylic acids is 2. The van der Waals surface area contributed by atoms with Crippen LogP contribution in [0.15, 0.2) is 36.9 Å². The number of benzene rings is 1. The van der Waals surface area contributed by atoms with Crippen molar-refractivity contribution in [2.45, 2.75) is 33.1 Å². The number of ether oxygens (including phenoxy) is 2. The zero-order valence-corrected chi connectivity index (χ0v) is 17.7. The van der Waals surface area contributed by atoms with Gasteiger partial charge in [0.2, 0.25) is 0 Å². The number of nitrogens with zero attached hydrogens (tertiary/aromatic N) is 3. The van der Waals surface area contributed by atoms with Crippen LogP contribution in [0.4, 0.5) is 5.13 Å². The minimum atomic E-state index is -0.468. The molecule has 29 heavy (non-hydrogen) atoms. The fourth-order valence-corrected chi connectivity index (χ4v) is 3.75. The van der Waals surface area contributed by atoms with Gasteiger partial charge in [0.15, 0.2) is 16.6 Å². The van der Waals surface area contributed by atoms with E-state index in [2.05, 4.69) is 36.1 Å². The molecule has 0 unspecified atom stereocenters. The highest BCUT2D eigenvalue weighted by atomic mass is 32.1. The summed E-state index contributed by atoms with van der Waals surface area (Å²) in [6, 6.07) is 4.60. The van der Waals surface area contributed by atoms with Crippen molar-refractivity contribution in [1.29, 1.82) is 0 Å². The molecule has 0 saturated carbocycles. The Morgan fingerprint density at radius 3 is 2.55 bits per heavy atom. The van der Waals surface area contributed by atoms with Gasteiger partial charge in [-0.3, -0.25) is 19.5 Å². The maximum atomic E-state index is 12.7. The largest absolute Gasteiger partial charge is 0.493 e. The van der Waals surface area contributed by atoms with Crippen LogP contribution >= 0.6 is 11.3 Å². The van der Waals surface area contributed by atoms with Crippen LogP contribution in [0.1, 0.15) is 43.7 Å². The fraction of sp³-hybridized carbons (Fsp3) is 0.300. The second-order valence-electron chi connectivity index (χ2n) is 7.31. The first-order valence-corrected chi connectivity index (χ1v) is 9.68. The zero-order chi connectivity index (χ0) is 21.2. The predicted octanol–water partition coefficient (Wildman–Crippen LogP) is 3.81. The average molecular weight is 414 g/mol. The first kappa shape index (κ1) is 20.5. The molecule has 1 N–H and O–H groups in total. The molecule has 3 rings (SSSR count). The zero-order valence-electron chi connectivity index (χ0n) is 16.8. The van der Waals surface area contributed by atoms with E-state index in [4.69, 9.17) is 9.47 Å². The van der Waals surface area contributed by atoms with Crippen molar-refractivity contribution in [3.63, 3.8) is 0 Å². The van der Waals surface area contributed by atoms with Gasteiger partial charge >= 0.3 is 5.97 Å². The number of esters is 1. The molecule has 0 radical (unpaired) electrons. The summed E-state index contributed by atoms with van der Waals surface area (Å²) in [5.74, 6) is -0.265. The lowest BCUT2D eigenvalue weighted by molar-refractivity contribution is -0.132. The molecule has 1 amide bonds. The number of nitrogens with one attached hydrogen (secondary N) is 1. The molecule has 0 bridgehead atoms. The second kappa shape index (κ2) is 8.04. The lowest BCUT2D eigenvalue weighted by Gasteiger charge is -2.17. The van der Waals surface area contributed by atoms with Crippen molar-refractivity contribution in [2.75, 3.05) is 12.4 Å². The van der Waals surface area contributed by atoms with E-state index in [0.717, 1.165) is 10.7 Å². The van der Waals surface area contributed by atoms with Gasteiger partial charge < -0.3 is 9.47 Å². The molecule has 0 spiro atoms. The van der Waals surface area contributed by atoms with Gasteiger partial charge in [-0.2, -0.15) is 0 Å². The number of methoxy groups -OCH3 is 1. The van der Waals surface area contributed by atoms with Crippen molar-refractivity contribution in [3.05, 3.63) is 48.2 Å². The van der Waals surface area contributed by atoms with Gasteiger partial charge in [0.1, 0.15) is 5.00 Å². The molecule has 0 atom stereocenters. The Bertz CT molecular complexity index is 1040. The minimum absolute atomic E-state index is 0.214. The van der Waals surface area contributed by atoms with Crippen LogP contribution in [0, 0.1) is 0 Å². The van der Waals surface area contributed by atoms with Crippen molar-refractivity contribution in [3.8, 4) is 16.5 Å². The molecule has 0 saturated heterocycles. The third-order valence-electron chi connectivity index (χ3n) is 3.96. The van der Waals surface area contributed by atoms with Gasteiger partial charge in [0.05, 0.1) is 19.1 Å². The molecule has 9 heteroatoms. The standard InChI is InChI=1S/C20H22N4O4S/c1-12(25)28-14-7-6-13(10-15(14)27-5)17(26)23-19-22-16(20(2,3)4)18(29-19)24-9-8-21-11-24/h6-11H,1-5H3,(H,22,23,26). The van der Waals surface area contributed by atoms with Gasteiger partial charge in [-0.15, -0.1) is 0 Å². The Balaban J connectivity index is 1.88. The molecule has 1 aromatic carbocycles. The van der Waals surface area contributed by atoms with E-state index in [1.165, 1.54) is 37.5 Å². The summed E-state index contributed by atoms with van der Waals surface area (Å²) in [6.45, 7) is 7.49. The summed E-state index contributed by atoms with van der Waals surface area (Å²) in [6.07, 6.45) is 5.24. The maximum Gasteiger partial charge on any atom is 0.308 e. The van der Waals surface area contributed by atoms with Gasteiger partial charge in [0, 0.05) is 30.3 Å². The van der Waals surface area contributed by atoms with E-state index in [1.807, 2.05) is 10.8 Å². The number of aromatic nitrogens is 3. The number of amides is 1. The SMILES string of the molecule is COc1cc(C(=O)Nc2nc(C(C)(C)C)c(-n3ccnc3)s2)ccc1OC(C)=O. The Hall–Kier alpha value is -3.20. The molecule has 2 aromatic heterocycles. The lowest BCUT2D eigenvalue weighted by Crippen LogP contribution is -2.16. The monoisotopic (exact) mass is 414 g/mol. The van der Waals surface area contributed by atoms with Crippen molar-refractivity contribution in [1.82, 2.24) is 14.5 Å². The van der Waals surface area contributed by atoms with Crippen LogP contribution < -0.4 is 14.8 Å². The number of hydrogen-bond donors (Lipinski definition) is 1. The summed E-state index contributed by atoms with van der Waals surface area (Å²) >= 11 is 1.37. The van der Waals surface area contributed by atoms with Crippen molar-refractivity contribution < 1.29 is 19.1 Å². The van der Waals surface area contributed by atoms with Gasteiger partial charge in [-0.1, -0.05) is 32.1 Å². The van der Waals surface area contributed by atoms with Crippen molar-refractivity contribution >= 4 is 28.3 Å². The van der Waals surface area contributed by atoms with Crippen molar-refractivity contribution in [2.24, 2.45) is 0 Å². The summed E-state index contributed by atoms with van der Waals surface area (Å²) in [5, 5.41) is 4.21.